The molecule has 1 nitrogen and oxygen atoms in total. The molecule has 0 aliphatic carbocycles. The standard InChI is InChI=1S/C22H27N/c1-4-10-19(16-15-18(2)3)22-14-9-8-11-20(22)17-23-21-12-6-5-7-13-21/h5-15,23H,4,16-17H2,1-3H3/b19-10+. The smallest absolute Gasteiger partial charge is 0.0406 e. The van der Waals surface area contributed by atoms with Gasteiger partial charge in [0, 0.05) is 12.2 Å². The number of hydrogen-bond acceptors (Lipinski definition) is 1. The Bertz CT molecular complexity index is 661. The van der Waals surface area contributed by atoms with E-state index in [9.17, 15) is 0 Å². The SMILES string of the molecule is CC/C=C(\CC=C(C)C)c1ccccc1CNc1ccccc1. The van der Waals surface area contributed by atoms with E-state index in [0.29, 0.717) is 0 Å². The maximum Gasteiger partial charge on any atom is 0.0406 e. The van der Waals surface area contributed by atoms with Gasteiger partial charge in [0.1, 0.15) is 0 Å². The van der Waals surface area contributed by atoms with E-state index in [1.165, 1.54) is 22.3 Å². The molecule has 0 unspecified atom stereocenters. The summed E-state index contributed by atoms with van der Waals surface area (Å²) in [7, 11) is 0. The molecule has 0 atom stereocenters. The highest BCUT2D eigenvalue weighted by atomic mass is 14.9. The van der Waals surface area contributed by atoms with Gasteiger partial charge < -0.3 is 5.32 Å². The van der Waals surface area contributed by atoms with Gasteiger partial charge >= 0.3 is 0 Å². The first-order valence-corrected chi connectivity index (χ1v) is 8.40. The van der Waals surface area contributed by atoms with Crippen molar-refractivity contribution in [2.45, 2.75) is 40.2 Å². The van der Waals surface area contributed by atoms with Crippen LogP contribution in [0.2, 0.25) is 0 Å². The molecule has 23 heavy (non-hydrogen) atoms. The van der Waals surface area contributed by atoms with Crippen LogP contribution in [0.5, 0.6) is 0 Å². The van der Waals surface area contributed by atoms with E-state index in [2.05, 4.69) is 86.8 Å². The minimum absolute atomic E-state index is 0.843. The fraction of sp³-hybridized carbons (Fsp3) is 0.273. The van der Waals surface area contributed by atoms with Crippen molar-refractivity contribution in [3.8, 4) is 0 Å². The zero-order chi connectivity index (χ0) is 16.5. The quantitative estimate of drug-likeness (QED) is 0.580. The van der Waals surface area contributed by atoms with Crippen molar-refractivity contribution in [2.24, 2.45) is 0 Å². The van der Waals surface area contributed by atoms with Gasteiger partial charge in [0.2, 0.25) is 0 Å². The molecule has 0 radical (unpaired) electrons. The van der Waals surface area contributed by atoms with Crippen LogP contribution in [0.1, 0.15) is 44.7 Å². The molecule has 1 N–H and O–H groups in total. The van der Waals surface area contributed by atoms with Gasteiger partial charge in [-0.3, -0.25) is 0 Å². The van der Waals surface area contributed by atoms with Gasteiger partial charge in [-0.2, -0.15) is 0 Å². The van der Waals surface area contributed by atoms with Gasteiger partial charge in [-0.1, -0.05) is 67.1 Å². The zero-order valence-corrected chi connectivity index (χ0v) is 14.5. The highest BCUT2D eigenvalue weighted by Crippen LogP contribution is 2.25. The Morgan fingerprint density at radius 1 is 0.913 bits per heavy atom. The van der Waals surface area contributed by atoms with Crippen LogP contribution in [-0.4, -0.2) is 0 Å². The van der Waals surface area contributed by atoms with Crippen LogP contribution in [0.15, 0.2) is 72.3 Å². The molecule has 0 saturated heterocycles. The lowest BCUT2D eigenvalue weighted by Gasteiger charge is -2.14. The maximum atomic E-state index is 3.52. The normalized spacial score (nSPS) is 11.2. The summed E-state index contributed by atoms with van der Waals surface area (Å²) in [6, 6.07) is 19.1. The molecular formula is C22H27N. The number of anilines is 1. The van der Waals surface area contributed by atoms with Gasteiger partial charge in [-0.15, -0.1) is 0 Å². The minimum Gasteiger partial charge on any atom is -0.381 e. The maximum absolute atomic E-state index is 3.52. The molecule has 0 aliphatic rings. The molecule has 0 aliphatic heterocycles. The average molecular weight is 305 g/mol. The topological polar surface area (TPSA) is 12.0 Å². The van der Waals surface area contributed by atoms with Crippen LogP contribution >= 0.6 is 0 Å². The molecular weight excluding hydrogens is 278 g/mol. The van der Waals surface area contributed by atoms with Crippen LogP contribution < -0.4 is 5.32 Å². The van der Waals surface area contributed by atoms with Crippen LogP contribution in [0.3, 0.4) is 0 Å². The van der Waals surface area contributed by atoms with Crippen LogP contribution in [0, 0.1) is 0 Å². The summed E-state index contributed by atoms with van der Waals surface area (Å²) in [4.78, 5) is 0. The van der Waals surface area contributed by atoms with E-state index in [0.717, 1.165) is 25.1 Å². The molecule has 0 amide bonds. The lowest BCUT2D eigenvalue weighted by molar-refractivity contribution is 1.12. The summed E-state index contributed by atoms with van der Waals surface area (Å²) in [6.45, 7) is 7.36. The Labute approximate surface area is 140 Å². The number of nitrogens with one attached hydrogen (secondary N) is 1. The van der Waals surface area contributed by atoms with Crippen LogP contribution in [-0.2, 0) is 6.54 Å². The summed E-state index contributed by atoms with van der Waals surface area (Å²) < 4.78 is 0. The van der Waals surface area contributed by atoms with Crippen molar-refractivity contribution >= 4 is 11.3 Å². The highest BCUT2D eigenvalue weighted by molar-refractivity contribution is 5.69. The predicted molar refractivity (Wildman–Crippen MR) is 103 cm³/mol. The summed E-state index contributed by atoms with van der Waals surface area (Å²) in [6.07, 6.45) is 6.72. The largest absolute Gasteiger partial charge is 0.381 e. The summed E-state index contributed by atoms with van der Waals surface area (Å²) in [5.74, 6) is 0. The third-order valence-electron chi connectivity index (χ3n) is 3.80. The molecule has 2 aromatic carbocycles. The number of hydrogen-bond donors (Lipinski definition) is 1. The Morgan fingerprint density at radius 3 is 2.30 bits per heavy atom. The first-order chi connectivity index (χ1) is 11.2. The van der Waals surface area contributed by atoms with Gasteiger partial charge in [0.25, 0.3) is 0 Å². The molecule has 0 fully saturated rings. The highest BCUT2D eigenvalue weighted by Gasteiger charge is 2.06. The van der Waals surface area contributed by atoms with Crippen molar-refractivity contribution in [3.63, 3.8) is 0 Å². The predicted octanol–water partition coefficient (Wildman–Crippen LogP) is 6.45. The van der Waals surface area contributed by atoms with Gasteiger partial charge in [-0.25, -0.2) is 0 Å². The molecule has 2 rings (SSSR count). The third-order valence-corrected chi connectivity index (χ3v) is 3.80. The Kier molecular flexibility index (Phi) is 6.68. The number of para-hydroxylation sites is 1. The monoisotopic (exact) mass is 305 g/mol. The van der Waals surface area contributed by atoms with E-state index in [1.54, 1.807) is 0 Å². The third kappa shape index (κ3) is 5.45. The van der Waals surface area contributed by atoms with Crippen molar-refractivity contribution in [1.29, 1.82) is 0 Å². The van der Waals surface area contributed by atoms with Crippen molar-refractivity contribution in [1.82, 2.24) is 0 Å². The summed E-state index contributed by atoms with van der Waals surface area (Å²) >= 11 is 0. The van der Waals surface area contributed by atoms with Crippen molar-refractivity contribution in [3.05, 3.63) is 83.4 Å². The molecule has 0 saturated carbocycles. The second kappa shape index (κ2) is 8.99. The Morgan fingerprint density at radius 2 is 1.61 bits per heavy atom. The van der Waals surface area contributed by atoms with Crippen molar-refractivity contribution in [2.75, 3.05) is 5.32 Å². The summed E-state index contributed by atoms with van der Waals surface area (Å²) in [5.41, 5.74) is 6.65. The molecule has 0 aromatic heterocycles. The Hall–Kier alpha value is -2.28. The molecule has 0 bridgehead atoms. The van der Waals surface area contributed by atoms with E-state index in [4.69, 9.17) is 0 Å². The lowest BCUT2D eigenvalue weighted by Crippen LogP contribution is -2.02. The first-order valence-electron chi connectivity index (χ1n) is 8.40. The van der Waals surface area contributed by atoms with Gasteiger partial charge in [0.15, 0.2) is 0 Å². The zero-order valence-electron chi connectivity index (χ0n) is 14.5. The fourth-order valence-electron chi connectivity index (χ4n) is 2.60. The number of allylic oxidation sites excluding steroid dienone is 4. The van der Waals surface area contributed by atoms with E-state index in [1.807, 2.05) is 6.07 Å². The van der Waals surface area contributed by atoms with Crippen LogP contribution in [0.25, 0.3) is 5.57 Å². The number of benzene rings is 2. The van der Waals surface area contributed by atoms with Gasteiger partial charge in [0.05, 0.1) is 0 Å². The first kappa shape index (κ1) is 17.1. The minimum atomic E-state index is 0.843. The summed E-state index contributed by atoms with van der Waals surface area (Å²) in [5, 5.41) is 3.52. The molecule has 0 spiro atoms. The molecule has 120 valence electrons. The average Bonchev–Trinajstić information content (AvgIpc) is 2.58. The second-order valence-electron chi connectivity index (χ2n) is 6.00. The van der Waals surface area contributed by atoms with E-state index < -0.39 is 0 Å². The molecule has 2 aromatic rings. The van der Waals surface area contributed by atoms with Crippen LogP contribution in [0.4, 0.5) is 5.69 Å². The lowest BCUT2D eigenvalue weighted by atomic mass is 9.95. The Balaban J connectivity index is 2.21. The second-order valence-corrected chi connectivity index (χ2v) is 6.00. The van der Waals surface area contributed by atoms with E-state index >= 15 is 0 Å². The molecule has 1 heteroatoms. The number of rotatable bonds is 7. The molecule has 0 heterocycles. The fourth-order valence-corrected chi connectivity index (χ4v) is 2.60. The van der Waals surface area contributed by atoms with Gasteiger partial charge in [-0.05, 0) is 55.5 Å². The van der Waals surface area contributed by atoms with E-state index in [-0.39, 0.29) is 0 Å². The van der Waals surface area contributed by atoms with Crippen molar-refractivity contribution < 1.29 is 0 Å².